The molecule has 0 aliphatic carbocycles. The maximum atomic E-state index is 5.06. The van der Waals surface area contributed by atoms with E-state index in [1.54, 1.807) is 7.11 Å². The summed E-state index contributed by atoms with van der Waals surface area (Å²) < 4.78 is 6.26. The molecule has 66 valence electrons. The number of benzene rings is 1. The molecule has 0 saturated carbocycles. The fourth-order valence-corrected chi connectivity index (χ4v) is 1.51. The van der Waals surface area contributed by atoms with E-state index < -0.39 is 0 Å². The van der Waals surface area contributed by atoms with Crippen molar-refractivity contribution in [3.8, 4) is 0 Å². The Morgan fingerprint density at radius 3 is 2.17 bits per heavy atom. The Morgan fingerprint density at radius 1 is 1.25 bits per heavy atom. The summed E-state index contributed by atoms with van der Waals surface area (Å²) in [4.78, 5) is 0. The summed E-state index contributed by atoms with van der Waals surface area (Å²) in [5.74, 6) is 0. The predicted molar refractivity (Wildman–Crippen MR) is 54.3 cm³/mol. The second-order valence-electron chi connectivity index (χ2n) is 2.98. The predicted octanol–water partition coefficient (Wildman–Crippen LogP) is 3.21. The van der Waals surface area contributed by atoms with Crippen LogP contribution in [0.4, 0.5) is 0 Å². The van der Waals surface area contributed by atoms with Gasteiger partial charge < -0.3 is 4.74 Å². The molecule has 0 aliphatic rings. The SMILES string of the molecule is COCc1cc(C)c(Br)c(C)c1. The fourth-order valence-electron chi connectivity index (χ4n) is 1.29. The van der Waals surface area contributed by atoms with Crippen molar-refractivity contribution in [2.75, 3.05) is 7.11 Å². The first kappa shape index (κ1) is 9.75. The highest BCUT2D eigenvalue weighted by Crippen LogP contribution is 2.22. The molecule has 0 N–H and O–H groups in total. The van der Waals surface area contributed by atoms with E-state index in [9.17, 15) is 0 Å². The molecule has 2 heteroatoms. The Labute approximate surface area is 81.9 Å². The highest BCUT2D eigenvalue weighted by Gasteiger charge is 2.01. The zero-order valence-electron chi connectivity index (χ0n) is 7.65. The van der Waals surface area contributed by atoms with Gasteiger partial charge in [-0.2, -0.15) is 0 Å². The van der Waals surface area contributed by atoms with E-state index in [2.05, 4.69) is 41.9 Å². The Hall–Kier alpha value is -0.340. The van der Waals surface area contributed by atoms with Crippen molar-refractivity contribution in [2.24, 2.45) is 0 Å². The molecule has 0 atom stereocenters. The molecule has 0 radical (unpaired) electrons. The Balaban J connectivity index is 3.04. The van der Waals surface area contributed by atoms with Crippen molar-refractivity contribution in [3.63, 3.8) is 0 Å². The molecule has 0 heterocycles. The largest absolute Gasteiger partial charge is 0.380 e. The van der Waals surface area contributed by atoms with Crippen LogP contribution in [0.3, 0.4) is 0 Å². The van der Waals surface area contributed by atoms with Gasteiger partial charge in [0.2, 0.25) is 0 Å². The second kappa shape index (κ2) is 4.06. The van der Waals surface area contributed by atoms with Crippen LogP contribution >= 0.6 is 15.9 Å². The van der Waals surface area contributed by atoms with Crippen molar-refractivity contribution >= 4 is 15.9 Å². The third-order valence-electron chi connectivity index (χ3n) is 1.81. The molecule has 1 nitrogen and oxygen atoms in total. The molecule has 0 bridgehead atoms. The lowest BCUT2D eigenvalue weighted by atomic mass is 10.1. The van der Waals surface area contributed by atoms with E-state index in [1.165, 1.54) is 21.2 Å². The van der Waals surface area contributed by atoms with Crippen LogP contribution in [0.5, 0.6) is 0 Å². The smallest absolute Gasteiger partial charge is 0.0713 e. The van der Waals surface area contributed by atoms with Crippen molar-refractivity contribution in [1.29, 1.82) is 0 Å². The molecule has 0 aliphatic heterocycles. The first-order valence-electron chi connectivity index (χ1n) is 3.89. The number of hydrogen-bond donors (Lipinski definition) is 0. The molecule has 12 heavy (non-hydrogen) atoms. The summed E-state index contributed by atoms with van der Waals surface area (Å²) in [6.07, 6.45) is 0. The van der Waals surface area contributed by atoms with E-state index in [0.29, 0.717) is 6.61 Å². The van der Waals surface area contributed by atoms with Gasteiger partial charge >= 0.3 is 0 Å². The lowest BCUT2D eigenvalue weighted by Gasteiger charge is -2.06. The quantitative estimate of drug-likeness (QED) is 0.756. The van der Waals surface area contributed by atoms with E-state index >= 15 is 0 Å². The average molecular weight is 229 g/mol. The molecule has 0 amide bonds. The molecule has 1 aromatic rings. The zero-order chi connectivity index (χ0) is 9.14. The normalized spacial score (nSPS) is 10.3. The monoisotopic (exact) mass is 228 g/mol. The third-order valence-corrected chi connectivity index (χ3v) is 3.06. The molecule has 1 rings (SSSR count). The van der Waals surface area contributed by atoms with Gasteiger partial charge in [0.1, 0.15) is 0 Å². The van der Waals surface area contributed by atoms with Gasteiger partial charge in [0.15, 0.2) is 0 Å². The van der Waals surface area contributed by atoms with E-state index in [1.807, 2.05) is 0 Å². The van der Waals surface area contributed by atoms with Crippen LogP contribution in [0.2, 0.25) is 0 Å². The highest BCUT2D eigenvalue weighted by atomic mass is 79.9. The second-order valence-corrected chi connectivity index (χ2v) is 3.77. The summed E-state index contributed by atoms with van der Waals surface area (Å²) in [6, 6.07) is 4.28. The maximum absolute atomic E-state index is 5.06. The van der Waals surface area contributed by atoms with E-state index in [-0.39, 0.29) is 0 Å². The molecule has 0 unspecified atom stereocenters. The van der Waals surface area contributed by atoms with Crippen molar-refractivity contribution < 1.29 is 4.74 Å². The van der Waals surface area contributed by atoms with Crippen LogP contribution in [0.15, 0.2) is 16.6 Å². The van der Waals surface area contributed by atoms with Gasteiger partial charge in [-0.25, -0.2) is 0 Å². The Kier molecular flexibility index (Phi) is 3.29. The average Bonchev–Trinajstić information content (AvgIpc) is 2.01. The van der Waals surface area contributed by atoms with Crippen LogP contribution in [0, 0.1) is 13.8 Å². The first-order valence-corrected chi connectivity index (χ1v) is 4.69. The van der Waals surface area contributed by atoms with Gasteiger partial charge in [0.05, 0.1) is 6.61 Å². The lowest BCUT2D eigenvalue weighted by molar-refractivity contribution is 0.185. The summed E-state index contributed by atoms with van der Waals surface area (Å²) >= 11 is 3.52. The summed E-state index contributed by atoms with van der Waals surface area (Å²) in [5, 5.41) is 0. The first-order chi connectivity index (χ1) is 5.65. The number of methoxy groups -OCH3 is 1. The topological polar surface area (TPSA) is 9.23 Å². The Morgan fingerprint density at radius 2 is 1.75 bits per heavy atom. The molecule has 1 aromatic carbocycles. The summed E-state index contributed by atoms with van der Waals surface area (Å²) in [7, 11) is 1.71. The number of hydrogen-bond acceptors (Lipinski definition) is 1. The standard InChI is InChI=1S/C10H13BrO/c1-7-4-9(6-12-3)5-8(2)10(7)11/h4-5H,6H2,1-3H3. The van der Waals surface area contributed by atoms with Gasteiger partial charge in [0, 0.05) is 11.6 Å². The number of aryl methyl sites for hydroxylation is 2. The number of ether oxygens (including phenoxy) is 1. The van der Waals surface area contributed by atoms with Crippen molar-refractivity contribution in [3.05, 3.63) is 33.3 Å². The zero-order valence-corrected chi connectivity index (χ0v) is 9.23. The number of rotatable bonds is 2. The van der Waals surface area contributed by atoms with Crippen molar-refractivity contribution in [2.45, 2.75) is 20.5 Å². The summed E-state index contributed by atoms with van der Waals surface area (Å²) in [6.45, 7) is 4.88. The number of halogens is 1. The molecular weight excluding hydrogens is 216 g/mol. The molecular formula is C10H13BrO. The minimum atomic E-state index is 0.689. The van der Waals surface area contributed by atoms with Gasteiger partial charge in [-0.05, 0) is 30.5 Å². The maximum Gasteiger partial charge on any atom is 0.0713 e. The minimum Gasteiger partial charge on any atom is -0.380 e. The van der Waals surface area contributed by atoms with Crippen LogP contribution < -0.4 is 0 Å². The third kappa shape index (κ3) is 2.08. The van der Waals surface area contributed by atoms with Crippen molar-refractivity contribution in [1.82, 2.24) is 0 Å². The van der Waals surface area contributed by atoms with Gasteiger partial charge in [-0.15, -0.1) is 0 Å². The van der Waals surface area contributed by atoms with Gasteiger partial charge in [-0.3, -0.25) is 0 Å². The Bertz CT molecular complexity index is 258. The minimum absolute atomic E-state index is 0.689. The molecule has 0 saturated heterocycles. The lowest BCUT2D eigenvalue weighted by Crippen LogP contribution is -1.91. The molecule has 0 fully saturated rings. The van der Waals surface area contributed by atoms with E-state index in [0.717, 1.165) is 0 Å². The van der Waals surface area contributed by atoms with E-state index in [4.69, 9.17) is 4.74 Å². The summed E-state index contributed by atoms with van der Waals surface area (Å²) in [5.41, 5.74) is 3.76. The molecule has 0 aromatic heterocycles. The highest BCUT2D eigenvalue weighted by molar-refractivity contribution is 9.10. The molecule has 0 spiro atoms. The van der Waals surface area contributed by atoms with Crippen LogP contribution in [-0.4, -0.2) is 7.11 Å². The van der Waals surface area contributed by atoms with Gasteiger partial charge in [0.25, 0.3) is 0 Å². The van der Waals surface area contributed by atoms with Crippen LogP contribution in [0.25, 0.3) is 0 Å². The van der Waals surface area contributed by atoms with Crippen LogP contribution in [0.1, 0.15) is 16.7 Å². The fraction of sp³-hybridized carbons (Fsp3) is 0.400. The van der Waals surface area contributed by atoms with Gasteiger partial charge in [-0.1, -0.05) is 28.1 Å². The van der Waals surface area contributed by atoms with Crippen LogP contribution in [-0.2, 0) is 11.3 Å².